The van der Waals surface area contributed by atoms with Gasteiger partial charge in [0.2, 0.25) is 5.91 Å². The van der Waals surface area contributed by atoms with Gasteiger partial charge in [0.15, 0.2) is 0 Å². The summed E-state index contributed by atoms with van der Waals surface area (Å²) in [5.41, 5.74) is 0. The highest BCUT2D eigenvalue weighted by Gasteiger charge is 2.23. The van der Waals surface area contributed by atoms with Gasteiger partial charge in [-0.2, -0.15) is 0 Å². The van der Waals surface area contributed by atoms with Crippen molar-refractivity contribution in [3.8, 4) is 0 Å². The summed E-state index contributed by atoms with van der Waals surface area (Å²) in [6.45, 7) is 4.50. The number of quaternary nitrogens is 1. The van der Waals surface area contributed by atoms with Crippen molar-refractivity contribution >= 4 is 13.7 Å². The van der Waals surface area contributed by atoms with E-state index >= 15 is 0 Å². The van der Waals surface area contributed by atoms with Gasteiger partial charge in [0.1, 0.15) is 13.2 Å². The lowest BCUT2D eigenvalue weighted by Gasteiger charge is -2.29. The number of allylic oxidation sites excluding steroid dienone is 13. The number of rotatable bonds is 49. The Balaban J connectivity index is 4.20. The number of phosphoric acid groups is 1. The smallest absolute Gasteiger partial charge is 0.268 e. The van der Waals surface area contributed by atoms with Gasteiger partial charge >= 0.3 is 0 Å². The Labute approximate surface area is 414 Å². The highest BCUT2D eigenvalue weighted by atomic mass is 31.2. The SMILES string of the molecule is CC/C=C\C/C=C\C/C=C\C/C=C\CCCCCCCCCCCCCCCCCCC(=O)NC(COP(=O)([O-])OCC[N+](C)(C)C)C(O)/C=C/CC/C=C/CC/C=C/CCCCCCCC. The summed E-state index contributed by atoms with van der Waals surface area (Å²) in [6.07, 6.45) is 68.0. The summed E-state index contributed by atoms with van der Waals surface area (Å²) in [4.78, 5) is 25.4. The van der Waals surface area contributed by atoms with Crippen LogP contribution in [0.1, 0.15) is 226 Å². The van der Waals surface area contributed by atoms with Gasteiger partial charge in [0.05, 0.1) is 39.9 Å². The monoisotopic (exact) mass is 957 g/mol. The number of likely N-dealkylation sites (N-methyl/N-ethyl adjacent to an activating group) is 1. The zero-order chi connectivity index (χ0) is 49.2. The number of phosphoric ester groups is 1. The summed E-state index contributed by atoms with van der Waals surface area (Å²) >= 11 is 0. The van der Waals surface area contributed by atoms with E-state index in [9.17, 15) is 19.4 Å². The van der Waals surface area contributed by atoms with Crippen molar-refractivity contribution in [2.24, 2.45) is 0 Å². The summed E-state index contributed by atoms with van der Waals surface area (Å²) in [5.74, 6) is -0.214. The Hall–Kier alpha value is -2.32. The minimum Gasteiger partial charge on any atom is -0.756 e. The van der Waals surface area contributed by atoms with Gasteiger partial charge in [0.25, 0.3) is 7.82 Å². The largest absolute Gasteiger partial charge is 0.756 e. The van der Waals surface area contributed by atoms with Crippen molar-refractivity contribution in [2.45, 2.75) is 238 Å². The number of aliphatic hydroxyl groups is 1. The Morgan fingerprint density at radius 3 is 1.39 bits per heavy atom. The number of nitrogens with zero attached hydrogens (tertiary/aromatic N) is 1. The van der Waals surface area contributed by atoms with Crippen molar-refractivity contribution in [3.63, 3.8) is 0 Å². The van der Waals surface area contributed by atoms with Crippen LogP contribution in [-0.4, -0.2) is 68.5 Å². The molecule has 0 heterocycles. The van der Waals surface area contributed by atoms with Crippen LogP contribution < -0.4 is 10.2 Å². The topological polar surface area (TPSA) is 108 Å². The lowest BCUT2D eigenvalue weighted by Crippen LogP contribution is -2.45. The molecule has 0 saturated carbocycles. The summed E-state index contributed by atoms with van der Waals surface area (Å²) in [7, 11) is 1.23. The van der Waals surface area contributed by atoms with E-state index in [1.54, 1.807) is 6.08 Å². The fourth-order valence-electron chi connectivity index (χ4n) is 7.53. The number of unbranched alkanes of at least 4 members (excludes halogenated alkanes) is 24. The molecule has 8 nitrogen and oxygen atoms in total. The maximum absolute atomic E-state index is 12.9. The highest BCUT2D eigenvalue weighted by molar-refractivity contribution is 7.45. The molecule has 0 aromatic carbocycles. The molecule has 0 aromatic rings. The molecule has 67 heavy (non-hydrogen) atoms. The number of carbonyl (C=O) groups excluding carboxylic acids is 1. The number of amides is 1. The zero-order valence-corrected chi connectivity index (χ0v) is 45.0. The second-order valence-electron chi connectivity index (χ2n) is 19.5. The number of hydrogen-bond donors (Lipinski definition) is 2. The molecule has 0 rings (SSSR count). The Bertz CT molecular complexity index is 1360. The molecule has 3 atom stereocenters. The summed E-state index contributed by atoms with van der Waals surface area (Å²) in [6, 6.07) is -0.913. The molecule has 9 heteroatoms. The lowest BCUT2D eigenvalue weighted by molar-refractivity contribution is -0.870. The molecule has 0 aliphatic rings. The first-order valence-corrected chi connectivity index (χ1v) is 28.9. The standard InChI is InChI=1S/C58H105N2O6P/c1-6-8-10-12-14-16-18-20-22-24-25-26-27-28-29-30-31-32-33-34-35-36-38-40-42-44-46-48-50-52-58(62)59-56(55-66-67(63,64)65-54-53-60(3,4)5)57(61)51-49-47-45-43-41-39-37-23-21-19-17-15-13-11-9-7-2/h8,10,14,16,20-23,25-26,41,43,49,51,56-57,61H,6-7,9,11-13,15,17-19,24,27-40,42,44-48,50,52-55H2,1-5H3,(H-,59,62,63,64)/b10-8-,16-14-,22-20-,23-21+,26-25-,43-41+,51-49+. The van der Waals surface area contributed by atoms with E-state index in [2.05, 4.69) is 92.1 Å². The number of hydrogen-bond acceptors (Lipinski definition) is 6. The van der Waals surface area contributed by atoms with Gasteiger partial charge in [-0.3, -0.25) is 9.36 Å². The molecule has 0 aromatic heterocycles. The molecule has 0 aliphatic heterocycles. The summed E-state index contributed by atoms with van der Waals surface area (Å²) in [5, 5.41) is 13.8. The van der Waals surface area contributed by atoms with Crippen LogP contribution in [0.2, 0.25) is 0 Å². The van der Waals surface area contributed by atoms with Crippen molar-refractivity contribution < 1.29 is 32.9 Å². The fourth-order valence-corrected chi connectivity index (χ4v) is 8.25. The number of aliphatic hydroxyl groups excluding tert-OH is 1. The van der Waals surface area contributed by atoms with E-state index in [0.717, 1.165) is 70.6 Å². The van der Waals surface area contributed by atoms with E-state index in [4.69, 9.17) is 9.05 Å². The average molecular weight is 957 g/mol. The number of nitrogens with one attached hydrogen (secondary N) is 1. The zero-order valence-electron chi connectivity index (χ0n) is 44.1. The maximum atomic E-state index is 12.9. The highest BCUT2D eigenvalue weighted by Crippen LogP contribution is 2.38. The van der Waals surface area contributed by atoms with E-state index in [1.165, 1.54) is 135 Å². The van der Waals surface area contributed by atoms with Gasteiger partial charge in [-0.15, -0.1) is 0 Å². The van der Waals surface area contributed by atoms with Crippen molar-refractivity contribution in [2.75, 3.05) is 40.9 Å². The van der Waals surface area contributed by atoms with Crippen LogP contribution in [0.3, 0.4) is 0 Å². The normalized spacial score (nSPS) is 14.7. The summed E-state index contributed by atoms with van der Waals surface area (Å²) < 4.78 is 23.3. The lowest BCUT2D eigenvalue weighted by atomic mass is 10.0. The van der Waals surface area contributed by atoms with Crippen molar-refractivity contribution in [3.05, 3.63) is 85.1 Å². The average Bonchev–Trinajstić information content (AvgIpc) is 3.29. The first-order valence-electron chi connectivity index (χ1n) is 27.4. The van der Waals surface area contributed by atoms with Crippen LogP contribution >= 0.6 is 7.82 Å². The Kier molecular flexibility index (Phi) is 47.0. The second-order valence-corrected chi connectivity index (χ2v) is 20.9. The second kappa shape index (κ2) is 48.7. The van der Waals surface area contributed by atoms with Gasteiger partial charge in [-0.1, -0.05) is 221 Å². The first kappa shape index (κ1) is 64.7. The quantitative estimate of drug-likeness (QED) is 0.0272. The Morgan fingerprint density at radius 1 is 0.537 bits per heavy atom. The van der Waals surface area contributed by atoms with Gasteiger partial charge in [0, 0.05) is 6.42 Å². The molecule has 0 saturated heterocycles. The van der Waals surface area contributed by atoms with Crippen LogP contribution in [0.5, 0.6) is 0 Å². The first-order chi connectivity index (χ1) is 32.5. The minimum absolute atomic E-state index is 0.0116. The molecular formula is C58H105N2O6P. The van der Waals surface area contributed by atoms with Crippen LogP contribution in [0.25, 0.3) is 0 Å². The molecule has 0 radical (unpaired) electrons. The molecule has 2 N–H and O–H groups in total. The van der Waals surface area contributed by atoms with Crippen molar-refractivity contribution in [1.82, 2.24) is 5.32 Å². The molecule has 0 aliphatic carbocycles. The minimum atomic E-state index is -4.61. The van der Waals surface area contributed by atoms with Crippen molar-refractivity contribution in [1.29, 1.82) is 0 Å². The third-order valence-corrected chi connectivity index (χ3v) is 12.8. The third-order valence-electron chi connectivity index (χ3n) is 11.8. The molecule has 3 unspecified atom stereocenters. The predicted molar refractivity (Wildman–Crippen MR) is 288 cm³/mol. The van der Waals surface area contributed by atoms with Crippen LogP contribution in [0.15, 0.2) is 85.1 Å². The molecule has 0 bridgehead atoms. The van der Waals surface area contributed by atoms with E-state index < -0.39 is 26.6 Å². The third kappa shape index (κ3) is 51.4. The van der Waals surface area contributed by atoms with E-state index in [-0.39, 0.29) is 12.5 Å². The van der Waals surface area contributed by atoms with E-state index in [0.29, 0.717) is 17.4 Å². The molecular weight excluding hydrogens is 852 g/mol. The van der Waals surface area contributed by atoms with Crippen LogP contribution in [0, 0.1) is 0 Å². The van der Waals surface area contributed by atoms with Gasteiger partial charge in [-0.05, 0) is 83.5 Å². The molecule has 0 spiro atoms. The molecule has 388 valence electrons. The molecule has 0 fully saturated rings. The fraction of sp³-hybridized carbons (Fsp3) is 0.741. The van der Waals surface area contributed by atoms with Gasteiger partial charge in [-0.25, -0.2) is 0 Å². The van der Waals surface area contributed by atoms with Gasteiger partial charge < -0.3 is 28.8 Å². The Morgan fingerprint density at radius 2 is 0.925 bits per heavy atom. The van der Waals surface area contributed by atoms with E-state index in [1.807, 2.05) is 27.2 Å². The predicted octanol–water partition coefficient (Wildman–Crippen LogP) is 15.8. The van der Waals surface area contributed by atoms with Crippen LogP contribution in [-0.2, 0) is 18.4 Å². The van der Waals surface area contributed by atoms with Crippen LogP contribution in [0.4, 0.5) is 0 Å². The maximum Gasteiger partial charge on any atom is 0.268 e. The number of carbonyl (C=O) groups is 1. The molecule has 1 amide bonds.